The summed E-state index contributed by atoms with van der Waals surface area (Å²) in [4.78, 5) is 31.6. The van der Waals surface area contributed by atoms with Gasteiger partial charge in [-0.25, -0.2) is 13.8 Å². The number of amides is 1. The van der Waals surface area contributed by atoms with Crippen LogP contribution in [0.1, 0.15) is 39.4 Å². The van der Waals surface area contributed by atoms with E-state index in [0.29, 0.717) is 11.0 Å². The van der Waals surface area contributed by atoms with Crippen molar-refractivity contribution in [1.29, 1.82) is 0 Å². The Morgan fingerprint density at radius 3 is 2.77 bits per heavy atom. The van der Waals surface area contributed by atoms with Crippen LogP contribution in [0.5, 0.6) is 0 Å². The van der Waals surface area contributed by atoms with E-state index in [1.807, 2.05) is 0 Å². The van der Waals surface area contributed by atoms with Gasteiger partial charge in [0.2, 0.25) is 0 Å². The zero-order valence-electron chi connectivity index (χ0n) is 18.5. The number of aromatic amines is 1. The van der Waals surface area contributed by atoms with Gasteiger partial charge in [-0.05, 0) is 47.7 Å². The smallest absolute Gasteiger partial charge is 0.254 e. The first kappa shape index (κ1) is 23.3. The van der Waals surface area contributed by atoms with Gasteiger partial charge in [0, 0.05) is 42.7 Å². The molecule has 1 atom stereocenters. The average molecular weight is 471 g/mol. The van der Waals surface area contributed by atoms with Crippen LogP contribution in [-0.4, -0.2) is 20.4 Å². The lowest BCUT2D eigenvalue weighted by molar-refractivity contribution is 0.100. The molecule has 4 aromatic rings. The van der Waals surface area contributed by atoms with E-state index in [4.69, 9.17) is 11.5 Å². The number of nitrogens with zero attached hydrogens (tertiary/aromatic N) is 2. The van der Waals surface area contributed by atoms with E-state index in [1.165, 1.54) is 4.57 Å². The highest BCUT2D eigenvalue weighted by molar-refractivity contribution is 6.05. The summed E-state index contributed by atoms with van der Waals surface area (Å²) in [7, 11) is 1.57. The van der Waals surface area contributed by atoms with Crippen LogP contribution in [0.2, 0.25) is 0 Å². The zero-order valence-corrected chi connectivity index (χ0v) is 18.5. The quantitative estimate of drug-likeness (QED) is 0.397. The van der Waals surface area contributed by atoms with Crippen molar-refractivity contribution in [2.75, 3.05) is 5.73 Å². The number of aryl methyl sites for hydroxylation is 1. The van der Waals surface area contributed by atoms with Crippen LogP contribution in [0.15, 0.2) is 53.6 Å². The Kier molecular flexibility index (Phi) is 6.34. The summed E-state index contributed by atoms with van der Waals surface area (Å²) in [5.41, 5.74) is 12.0. The molecule has 1 amide bonds. The fourth-order valence-electron chi connectivity index (χ4n) is 3.82. The van der Waals surface area contributed by atoms with Gasteiger partial charge < -0.3 is 21.0 Å². The highest BCUT2D eigenvalue weighted by atomic mass is 19.1. The summed E-state index contributed by atoms with van der Waals surface area (Å²) >= 11 is 0. The zero-order chi connectivity index (χ0) is 25.1. The number of anilines is 1. The minimum absolute atomic E-state index is 0.00493. The number of carbonyl (C=O) groups excluding carboxylic acids is 1. The fraction of sp³-hybridized carbons (Fsp3) is 0.115. The monoisotopic (exact) mass is 471 g/mol. The molecule has 0 aliphatic carbocycles. The number of nitrogen functional groups attached to an aromatic ring is 1. The second kappa shape index (κ2) is 9.54. The molecular formula is C26H19F2N5O2. The first-order chi connectivity index (χ1) is 16.8. The number of H-pyrrole nitrogens is 1. The van der Waals surface area contributed by atoms with Gasteiger partial charge >= 0.3 is 0 Å². The van der Waals surface area contributed by atoms with Crippen LogP contribution < -0.4 is 17.0 Å². The van der Waals surface area contributed by atoms with Gasteiger partial charge in [0.25, 0.3) is 11.5 Å². The van der Waals surface area contributed by atoms with Gasteiger partial charge in [-0.1, -0.05) is 17.9 Å². The lowest BCUT2D eigenvalue weighted by atomic mass is 9.89. The molecular weight excluding hydrogens is 452 g/mol. The topological polar surface area (TPSA) is 120 Å². The molecule has 0 saturated carbocycles. The number of pyridine rings is 2. The minimum atomic E-state index is -0.825. The Balaban J connectivity index is 1.74. The van der Waals surface area contributed by atoms with Crippen LogP contribution in [0.25, 0.3) is 11.0 Å². The molecule has 1 unspecified atom stereocenters. The lowest BCUT2D eigenvalue weighted by Crippen LogP contribution is -2.23. The van der Waals surface area contributed by atoms with E-state index in [2.05, 4.69) is 33.6 Å². The van der Waals surface area contributed by atoms with Gasteiger partial charge in [0.05, 0.1) is 11.1 Å². The molecule has 0 aliphatic heterocycles. The number of halogens is 2. The standard InChI is InChI=1S/C26H19F2N5O2/c1-33-13-5-8-19(26(33)35)16(20-14-15(27)9-10-21(20)28)6-3-2-4-7-17-18-11-12-31-25(18)32-23(29)22(17)24(30)34/h5,8-14,16H,6H2,1H3,(H2,30,34)(H3,29,31,32). The van der Waals surface area contributed by atoms with Crippen molar-refractivity contribution in [3.8, 4) is 23.7 Å². The molecule has 5 N–H and O–H groups in total. The predicted octanol–water partition coefficient (Wildman–Crippen LogP) is 2.80. The number of nitrogens with one attached hydrogen (secondary N) is 1. The van der Waals surface area contributed by atoms with Crippen LogP contribution >= 0.6 is 0 Å². The third-order valence-electron chi connectivity index (χ3n) is 5.49. The van der Waals surface area contributed by atoms with Gasteiger partial charge in [-0.15, -0.1) is 0 Å². The van der Waals surface area contributed by atoms with Crippen molar-refractivity contribution in [2.24, 2.45) is 12.8 Å². The van der Waals surface area contributed by atoms with Gasteiger partial charge in [0.1, 0.15) is 23.1 Å². The summed E-state index contributed by atoms with van der Waals surface area (Å²) in [5.74, 6) is 7.97. The SMILES string of the molecule is Cn1cccc(C(CC#CC#Cc2c(C(N)=O)c(N)nc3[nH]ccc23)c2cc(F)ccc2F)c1=O. The highest BCUT2D eigenvalue weighted by Gasteiger charge is 2.21. The van der Waals surface area contributed by atoms with Crippen LogP contribution in [-0.2, 0) is 7.05 Å². The normalized spacial score (nSPS) is 11.3. The van der Waals surface area contributed by atoms with E-state index in [9.17, 15) is 18.4 Å². The third-order valence-corrected chi connectivity index (χ3v) is 5.49. The van der Waals surface area contributed by atoms with Crippen molar-refractivity contribution in [1.82, 2.24) is 14.5 Å². The van der Waals surface area contributed by atoms with Crippen molar-refractivity contribution in [3.05, 3.63) is 93.0 Å². The van der Waals surface area contributed by atoms with E-state index < -0.39 is 23.5 Å². The molecule has 0 saturated heterocycles. The van der Waals surface area contributed by atoms with E-state index >= 15 is 0 Å². The Bertz CT molecular complexity index is 1650. The van der Waals surface area contributed by atoms with Crippen molar-refractivity contribution in [2.45, 2.75) is 12.3 Å². The number of hydrogen-bond acceptors (Lipinski definition) is 4. The molecule has 4 rings (SSSR count). The minimum Gasteiger partial charge on any atom is -0.383 e. The van der Waals surface area contributed by atoms with Gasteiger partial charge in [-0.3, -0.25) is 9.59 Å². The van der Waals surface area contributed by atoms with Crippen molar-refractivity contribution in [3.63, 3.8) is 0 Å². The van der Waals surface area contributed by atoms with Crippen molar-refractivity contribution >= 4 is 22.8 Å². The number of nitrogens with two attached hydrogens (primary N) is 2. The van der Waals surface area contributed by atoms with Crippen LogP contribution in [0, 0.1) is 35.3 Å². The largest absolute Gasteiger partial charge is 0.383 e. The number of fused-ring (bicyclic) bond motifs is 1. The number of rotatable bonds is 4. The fourth-order valence-corrected chi connectivity index (χ4v) is 3.82. The maximum atomic E-state index is 14.6. The number of aromatic nitrogens is 3. The molecule has 3 aromatic heterocycles. The first-order valence-corrected chi connectivity index (χ1v) is 10.4. The maximum absolute atomic E-state index is 14.6. The Hall–Kier alpha value is -4.89. The van der Waals surface area contributed by atoms with E-state index in [0.717, 1.165) is 18.2 Å². The molecule has 0 radical (unpaired) electrons. The molecule has 0 fully saturated rings. The predicted molar refractivity (Wildman–Crippen MR) is 128 cm³/mol. The maximum Gasteiger partial charge on any atom is 0.254 e. The first-order valence-electron chi connectivity index (χ1n) is 10.4. The molecule has 35 heavy (non-hydrogen) atoms. The summed E-state index contributed by atoms with van der Waals surface area (Å²) in [6.45, 7) is 0. The van der Waals surface area contributed by atoms with E-state index in [1.54, 1.807) is 37.6 Å². The summed E-state index contributed by atoms with van der Waals surface area (Å²) in [6, 6.07) is 7.97. The van der Waals surface area contributed by atoms with Crippen LogP contribution in [0.3, 0.4) is 0 Å². The van der Waals surface area contributed by atoms with Crippen molar-refractivity contribution < 1.29 is 13.6 Å². The number of benzene rings is 1. The molecule has 0 aliphatic rings. The Morgan fingerprint density at radius 2 is 2.00 bits per heavy atom. The third kappa shape index (κ3) is 4.61. The van der Waals surface area contributed by atoms with E-state index in [-0.39, 0.29) is 40.1 Å². The molecule has 7 nitrogen and oxygen atoms in total. The molecule has 9 heteroatoms. The molecule has 174 valence electrons. The lowest BCUT2D eigenvalue weighted by Gasteiger charge is -2.16. The average Bonchev–Trinajstić information content (AvgIpc) is 3.28. The molecule has 3 heterocycles. The number of carbonyl (C=O) groups is 1. The molecule has 0 spiro atoms. The van der Waals surface area contributed by atoms with Gasteiger partial charge in [-0.2, -0.15) is 0 Å². The Morgan fingerprint density at radius 1 is 1.20 bits per heavy atom. The number of hydrogen-bond donors (Lipinski definition) is 3. The summed E-state index contributed by atoms with van der Waals surface area (Å²) in [6.07, 6.45) is 3.19. The molecule has 0 bridgehead atoms. The highest BCUT2D eigenvalue weighted by Crippen LogP contribution is 2.28. The summed E-state index contributed by atoms with van der Waals surface area (Å²) < 4.78 is 29.9. The second-order valence-corrected chi connectivity index (χ2v) is 7.71. The Labute approximate surface area is 198 Å². The summed E-state index contributed by atoms with van der Waals surface area (Å²) in [5, 5.41) is 0.551. The molecule has 1 aromatic carbocycles. The number of primary amides is 1. The second-order valence-electron chi connectivity index (χ2n) is 7.71. The van der Waals surface area contributed by atoms with Gasteiger partial charge in [0.15, 0.2) is 0 Å². The van der Waals surface area contributed by atoms with Crippen LogP contribution in [0.4, 0.5) is 14.6 Å².